The number of anilines is 2. The lowest BCUT2D eigenvalue weighted by Crippen LogP contribution is -2.17. The zero-order valence-corrected chi connectivity index (χ0v) is 14.9. The Balaban J connectivity index is 1.49. The molecule has 2 heterocycles. The van der Waals surface area contributed by atoms with Gasteiger partial charge in [0.1, 0.15) is 5.75 Å². The van der Waals surface area contributed by atoms with Crippen molar-refractivity contribution in [3.63, 3.8) is 0 Å². The molecule has 1 aliphatic rings. The highest BCUT2D eigenvalue weighted by molar-refractivity contribution is 5.92. The third-order valence-corrected chi connectivity index (χ3v) is 4.71. The van der Waals surface area contributed by atoms with Crippen LogP contribution in [0, 0.1) is 0 Å². The van der Waals surface area contributed by atoms with Gasteiger partial charge in [-0.3, -0.25) is 10.4 Å². The number of aromatic nitrogens is 1. The summed E-state index contributed by atoms with van der Waals surface area (Å²) in [5, 5.41) is 5.37. The molecule has 0 saturated carbocycles. The summed E-state index contributed by atoms with van der Waals surface area (Å²) in [6, 6.07) is 16.3. The number of methoxy groups -OCH3 is 1. The van der Waals surface area contributed by atoms with E-state index in [1.807, 2.05) is 30.5 Å². The molecule has 0 bridgehead atoms. The van der Waals surface area contributed by atoms with Crippen LogP contribution in [0.15, 0.2) is 59.8 Å². The fraction of sp³-hybridized carbons (Fsp3) is 0.238. The number of hydrogen-bond donors (Lipinski definition) is 1. The summed E-state index contributed by atoms with van der Waals surface area (Å²) >= 11 is 0. The Morgan fingerprint density at radius 3 is 2.65 bits per heavy atom. The molecule has 0 spiro atoms. The highest BCUT2D eigenvalue weighted by Crippen LogP contribution is 2.26. The van der Waals surface area contributed by atoms with Gasteiger partial charge in [-0.05, 0) is 54.8 Å². The zero-order valence-electron chi connectivity index (χ0n) is 14.9. The number of pyridine rings is 1. The molecule has 0 unspecified atom stereocenters. The Bertz CT molecular complexity index is 915. The first-order chi connectivity index (χ1) is 12.8. The van der Waals surface area contributed by atoms with Crippen LogP contribution < -0.4 is 15.1 Å². The number of nitrogens with one attached hydrogen (secondary N) is 1. The second-order valence-electron chi connectivity index (χ2n) is 6.40. The van der Waals surface area contributed by atoms with Crippen molar-refractivity contribution in [3.8, 4) is 5.75 Å². The second kappa shape index (κ2) is 7.44. The predicted molar refractivity (Wildman–Crippen MR) is 107 cm³/mol. The molecule has 3 aromatic rings. The van der Waals surface area contributed by atoms with E-state index >= 15 is 0 Å². The molecular formula is C21H22N4O. The van der Waals surface area contributed by atoms with Gasteiger partial charge in [0.15, 0.2) is 0 Å². The van der Waals surface area contributed by atoms with Crippen LogP contribution in [-0.4, -0.2) is 31.4 Å². The van der Waals surface area contributed by atoms with Gasteiger partial charge in [-0.2, -0.15) is 5.10 Å². The highest BCUT2D eigenvalue weighted by Gasteiger charge is 2.11. The molecule has 1 N–H and O–H groups in total. The lowest BCUT2D eigenvalue weighted by Gasteiger charge is -2.17. The van der Waals surface area contributed by atoms with Gasteiger partial charge in [0.25, 0.3) is 0 Å². The predicted octanol–water partition coefficient (Wildman–Crippen LogP) is 4.29. The summed E-state index contributed by atoms with van der Waals surface area (Å²) in [5.74, 6) is 0.801. The second-order valence-corrected chi connectivity index (χ2v) is 6.40. The summed E-state index contributed by atoms with van der Waals surface area (Å²) < 4.78 is 5.31. The topological polar surface area (TPSA) is 49.8 Å². The van der Waals surface area contributed by atoms with Gasteiger partial charge in [-0.1, -0.05) is 12.1 Å². The maximum absolute atomic E-state index is 5.31. The molecule has 132 valence electrons. The van der Waals surface area contributed by atoms with E-state index < -0.39 is 0 Å². The average Bonchev–Trinajstić information content (AvgIpc) is 3.23. The molecule has 4 rings (SSSR count). The van der Waals surface area contributed by atoms with Crippen molar-refractivity contribution in [2.45, 2.75) is 12.8 Å². The Morgan fingerprint density at radius 2 is 1.88 bits per heavy atom. The lowest BCUT2D eigenvalue weighted by molar-refractivity contribution is 0.415. The molecule has 1 fully saturated rings. The molecule has 0 amide bonds. The third kappa shape index (κ3) is 3.47. The van der Waals surface area contributed by atoms with Gasteiger partial charge < -0.3 is 9.64 Å². The van der Waals surface area contributed by atoms with Crippen LogP contribution in [0.1, 0.15) is 18.4 Å². The molecule has 0 radical (unpaired) electrons. The minimum atomic E-state index is 0.801. The van der Waals surface area contributed by atoms with Crippen molar-refractivity contribution >= 4 is 28.5 Å². The summed E-state index contributed by atoms with van der Waals surface area (Å²) in [5.41, 5.74) is 7.28. The van der Waals surface area contributed by atoms with E-state index in [0.29, 0.717) is 0 Å². The summed E-state index contributed by atoms with van der Waals surface area (Å²) in [4.78, 5) is 6.81. The number of fused-ring (bicyclic) bond motifs is 1. The van der Waals surface area contributed by atoms with E-state index in [4.69, 9.17) is 4.74 Å². The van der Waals surface area contributed by atoms with Crippen molar-refractivity contribution in [1.29, 1.82) is 0 Å². The van der Waals surface area contributed by atoms with Crippen molar-refractivity contribution in [3.05, 3.63) is 60.3 Å². The Hall–Kier alpha value is -3.08. The first-order valence-electron chi connectivity index (χ1n) is 8.90. The number of nitrogens with zero attached hydrogens (tertiary/aromatic N) is 3. The van der Waals surface area contributed by atoms with Crippen LogP contribution in [0.25, 0.3) is 10.9 Å². The molecule has 0 aliphatic carbocycles. The lowest BCUT2D eigenvalue weighted by atomic mass is 10.2. The number of ether oxygens (including phenoxy) is 1. The molecule has 0 atom stereocenters. The van der Waals surface area contributed by atoms with Crippen molar-refractivity contribution in [2.24, 2.45) is 5.10 Å². The maximum Gasteiger partial charge on any atom is 0.119 e. The van der Waals surface area contributed by atoms with Crippen LogP contribution >= 0.6 is 0 Å². The summed E-state index contributed by atoms with van der Waals surface area (Å²) in [7, 11) is 1.66. The van der Waals surface area contributed by atoms with Crippen LogP contribution in [-0.2, 0) is 0 Å². The number of rotatable bonds is 5. The minimum absolute atomic E-state index is 0.801. The molecule has 5 nitrogen and oxygen atoms in total. The molecule has 1 aliphatic heterocycles. The number of benzene rings is 2. The quantitative estimate of drug-likeness (QED) is 0.553. The molecule has 1 saturated heterocycles. The number of hydrazone groups is 1. The van der Waals surface area contributed by atoms with Gasteiger partial charge in [0.05, 0.1) is 24.5 Å². The molecule has 2 aromatic carbocycles. The van der Waals surface area contributed by atoms with Gasteiger partial charge in [-0.15, -0.1) is 0 Å². The average molecular weight is 346 g/mol. The van der Waals surface area contributed by atoms with Crippen LogP contribution in [0.4, 0.5) is 11.4 Å². The SMILES string of the molecule is COc1ccc2nccc(N/N=C/c3ccc(N4CCCC4)cc3)c2c1. The van der Waals surface area contributed by atoms with Gasteiger partial charge in [-0.25, -0.2) is 0 Å². The van der Waals surface area contributed by atoms with Crippen LogP contribution in [0.5, 0.6) is 5.75 Å². The normalized spacial score (nSPS) is 14.3. The highest BCUT2D eigenvalue weighted by atomic mass is 16.5. The molecular weight excluding hydrogens is 324 g/mol. The van der Waals surface area contributed by atoms with E-state index in [2.05, 4.69) is 44.7 Å². The molecule has 1 aromatic heterocycles. The van der Waals surface area contributed by atoms with Gasteiger partial charge in [0.2, 0.25) is 0 Å². The fourth-order valence-corrected chi connectivity index (χ4v) is 3.27. The molecule has 26 heavy (non-hydrogen) atoms. The van der Waals surface area contributed by atoms with Gasteiger partial charge in [0, 0.05) is 30.4 Å². The van der Waals surface area contributed by atoms with Crippen molar-refractivity contribution in [2.75, 3.05) is 30.5 Å². The van der Waals surface area contributed by atoms with Gasteiger partial charge >= 0.3 is 0 Å². The Labute approximate surface area is 153 Å². The first kappa shape index (κ1) is 16.4. The van der Waals surface area contributed by atoms with Crippen LogP contribution in [0.3, 0.4) is 0 Å². The van der Waals surface area contributed by atoms with E-state index in [1.165, 1.54) is 18.5 Å². The van der Waals surface area contributed by atoms with Crippen LogP contribution in [0.2, 0.25) is 0 Å². The molecule has 5 heteroatoms. The first-order valence-corrected chi connectivity index (χ1v) is 8.90. The monoisotopic (exact) mass is 346 g/mol. The van der Waals surface area contributed by atoms with E-state index in [1.54, 1.807) is 13.3 Å². The number of hydrogen-bond acceptors (Lipinski definition) is 5. The van der Waals surface area contributed by atoms with E-state index in [0.717, 1.165) is 41.0 Å². The maximum atomic E-state index is 5.31. The Kier molecular flexibility index (Phi) is 4.69. The zero-order chi connectivity index (χ0) is 17.8. The summed E-state index contributed by atoms with van der Waals surface area (Å²) in [6.07, 6.45) is 6.19. The van der Waals surface area contributed by atoms with Crippen molar-refractivity contribution in [1.82, 2.24) is 4.98 Å². The fourth-order valence-electron chi connectivity index (χ4n) is 3.27. The standard InChI is InChI=1S/C21H22N4O/c1-26-18-8-9-20-19(14-18)21(10-11-22-20)24-23-15-16-4-6-17(7-5-16)25-12-2-3-13-25/h4-11,14-15H,2-3,12-13H2,1H3,(H,22,24)/b23-15+. The van der Waals surface area contributed by atoms with Crippen molar-refractivity contribution < 1.29 is 4.74 Å². The Morgan fingerprint density at radius 1 is 1.08 bits per heavy atom. The van der Waals surface area contributed by atoms with E-state index in [-0.39, 0.29) is 0 Å². The summed E-state index contributed by atoms with van der Waals surface area (Å²) in [6.45, 7) is 2.32. The minimum Gasteiger partial charge on any atom is -0.497 e. The smallest absolute Gasteiger partial charge is 0.119 e. The third-order valence-electron chi connectivity index (χ3n) is 4.71. The van der Waals surface area contributed by atoms with E-state index in [9.17, 15) is 0 Å². The largest absolute Gasteiger partial charge is 0.497 e.